The first-order chi connectivity index (χ1) is 6.74. The van der Waals surface area contributed by atoms with Gasteiger partial charge in [0.05, 0.1) is 0 Å². The quantitative estimate of drug-likeness (QED) is 0.797. The van der Waals surface area contributed by atoms with E-state index < -0.39 is 0 Å². The number of nitrogens with one attached hydrogen (secondary N) is 1. The third-order valence-electron chi connectivity index (χ3n) is 2.36. The smallest absolute Gasteiger partial charge is 0.0204 e. The molecule has 0 aromatic heterocycles. The molecule has 0 saturated carbocycles. The van der Waals surface area contributed by atoms with E-state index in [2.05, 4.69) is 46.4 Å². The van der Waals surface area contributed by atoms with Crippen LogP contribution in [-0.2, 0) is 6.42 Å². The van der Waals surface area contributed by atoms with E-state index in [0.29, 0.717) is 0 Å². The van der Waals surface area contributed by atoms with Gasteiger partial charge in [-0.2, -0.15) is 0 Å². The molecule has 14 heavy (non-hydrogen) atoms. The van der Waals surface area contributed by atoms with Crippen molar-refractivity contribution in [1.82, 2.24) is 5.32 Å². The minimum Gasteiger partial charge on any atom is -0.320 e. The first-order valence-electron chi connectivity index (χ1n) is 5.13. The zero-order chi connectivity index (χ0) is 10.4. The SMILES string of the molecule is CNCCCCc1ccc(Br)c(C)c1. The lowest BCUT2D eigenvalue weighted by molar-refractivity contribution is 0.677. The van der Waals surface area contributed by atoms with Crippen LogP contribution in [0.5, 0.6) is 0 Å². The number of hydrogen-bond donors (Lipinski definition) is 1. The zero-order valence-corrected chi connectivity index (χ0v) is 10.5. The normalized spacial score (nSPS) is 10.5. The molecule has 1 aromatic carbocycles. The van der Waals surface area contributed by atoms with Crippen LogP contribution in [0.15, 0.2) is 22.7 Å². The summed E-state index contributed by atoms with van der Waals surface area (Å²) < 4.78 is 1.21. The molecule has 0 amide bonds. The van der Waals surface area contributed by atoms with Crippen LogP contribution in [0.25, 0.3) is 0 Å². The highest BCUT2D eigenvalue weighted by molar-refractivity contribution is 9.10. The molecule has 0 aliphatic heterocycles. The van der Waals surface area contributed by atoms with Crippen molar-refractivity contribution in [3.63, 3.8) is 0 Å². The Hall–Kier alpha value is -0.340. The molecular weight excluding hydrogens is 238 g/mol. The average Bonchev–Trinajstić information content (AvgIpc) is 2.18. The molecule has 0 spiro atoms. The summed E-state index contributed by atoms with van der Waals surface area (Å²) in [7, 11) is 2.00. The third kappa shape index (κ3) is 3.81. The number of rotatable bonds is 5. The second-order valence-electron chi connectivity index (χ2n) is 3.64. The van der Waals surface area contributed by atoms with Crippen LogP contribution >= 0.6 is 15.9 Å². The van der Waals surface area contributed by atoms with Crippen LogP contribution in [0, 0.1) is 6.92 Å². The minimum atomic E-state index is 1.12. The predicted octanol–water partition coefficient (Wildman–Crippen LogP) is 3.30. The lowest BCUT2D eigenvalue weighted by atomic mass is 10.1. The van der Waals surface area contributed by atoms with E-state index in [0.717, 1.165) is 6.54 Å². The fraction of sp³-hybridized carbons (Fsp3) is 0.500. The van der Waals surface area contributed by atoms with E-state index in [9.17, 15) is 0 Å². The molecule has 0 aliphatic carbocycles. The number of aryl methyl sites for hydroxylation is 2. The van der Waals surface area contributed by atoms with Gasteiger partial charge in [0.15, 0.2) is 0 Å². The Morgan fingerprint density at radius 3 is 2.71 bits per heavy atom. The van der Waals surface area contributed by atoms with Gasteiger partial charge in [-0.15, -0.1) is 0 Å². The first kappa shape index (κ1) is 11.7. The second-order valence-corrected chi connectivity index (χ2v) is 4.50. The highest BCUT2D eigenvalue weighted by atomic mass is 79.9. The van der Waals surface area contributed by atoms with Crippen LogP contribution in [0.1, 0.15) is 24.0 Å². The molecule has 0 bridgehead atoms. The molecule has 0 unspecified atom stereocenters. The number of hydrogen-bond acceptors (Lipinski definition) is 1. The number of unbranched alkanes of at least 4 members (excludes halogenated alkanes) is 1. The van der Waals surface area contributed by atoms with Crippen molar-refractivity contribution in [3.8, 4) is 0 Å². The van der Waals surface area contributed by atoms with Crippen LogP contribution in [0.4, 0.5) is 0 Å². The van der Waals surface area contributed by atoms with Crippen LogP contribution in [0.3, 0.4) is 0 Å². The molecule has 0 atom stereocenters. The summed E-state index contributed by atoms with van der Waals surface area (Å²) in [4.78, 5) is 0. The number of benzene rings is 1. The molecule has 1 rings (SSSR count). The van der Waals surface area contributed by atoms with Crippen molar-refractivity contribution in [2.75, 3.05) is 13.6 Å². The van der Waals surface area contributed by atoms with Gasteiger partial charge >= 0.3 is 0 Å². The summed E-state index contributed by atoms with van der Waals surface area (Å²) in [5.74, 6) is 0. The Balaban J connectivity index is 2.39. The van der Waals surface area contributed by atoms with Crippen LogP contribution in [-0.4, -0.2) is 13.6 Å². The molecule has 1 aromatic rings. The highest BCUT2D eigenvalue weighted by Gasteiger charge is 1.97. The Kier molecular flexibility index (Phi) is 5.20. The highest BCUT2D eigenvalue weighted by Crippen LogP contribution is 2.18. The van der Waals surface area contributed by atoms with Crippen molar-refractivity contribution in [1.29, 1.82) is 0 Å². The lowest BCUT2D eigenvalue weighted by Crippen LogP contribution is -2.07. The van der Waals surface area contributed by atoms with Crippen molar-refractivity contribution >= 4 is 15.9 Å². The van der Waals surface area contributed by atoms with Crippen molar-refractivity contribution < 1.29 is 0 Å². The molecule has 1 N–H and O–H groups in total. The van der Waals surface area contributed by atoms with Crippen molar-refractivity contribution in [2.24, 2.45) is 0 Å². The van der Waals surface area contributed by atoms with Gasteiger partial charge in [0.25, 0.3) is 0 Å². The van der Waals surface area contributed by atoms with E-state index in [1.165, 1.54) is 34.9 Å². The van der Waals surface area contributed by atoms with Gasteiger partial charge in [-0.3, -0.25) is 0 Å². The van der Waals surface area contributed by atoms with Gasteiger partial charge in [0, 0.05) is 4.47 Å². The summed E-state index contributed by atoms with van der Waals surface area (Å²) >= 11 is 3.51. The van der Waals surface area contributed by atoms with Crippen molar-refractivity contribution in [2.45, 2.75) is 26.2 Å². The van der Waals surface area contributed by atoms with Crippen LogP contribution < -0.4 is 5.32 Å². The molecule has 2 heteroatoms. The first-order valence-corrected chi connectivity index (χ1v) is 5.93. The maximum absolute atomic E-state index is 3.51. The summed E-state index contributed by atoms with van der Waals surface area (Å²) in [5.41, 5.74) is 2.78. The van der Waals surface area contributed by atoms with Gasteiger partial charge < -0.3 is 5.32 Å². The largest absolute Gasteiger partial charge is 0.320 e. The standard InChI is InChI=1S/C12H18BrN/c1-10-9-11(6-7-12(10)13)5-3-4-8-14-2/h6-7,9,14H,3-5,8H2,1-2H3. The third-order valence-corrected chi connectivity index (χ3v) is 3.25. The van der Waals surface area contributed by atoms with Crippen molar-refractivity contribution in [3.05, 3.63) is 33.8 Å². The topological polar surface area (TPSA) is 12.0 Å². The fourth-order valence-corrected chi connectivity index (χ4v) is 1.74. The molecular formula is C12H18BrN. The van der Waals surface area contributed by atoms with Gasteiger partial charge in [-0.25, -0.2) is 0 Å². The van der Waals surface area contributed by atoms with E-state index in [-0.39, 0.29) is 0 Å². The Labute approximate surface area is 95.0 Å². The Morgan fingerprint density at radius 2 is 2.07 bits per heavy atom. The summed E-state index contributed by atoms with van der Waals surface area (Å²) in [5, 5.41) is 3.17. The van der Waals surface area contributed by atoms with Gasteiger partial charge in [-0.1, -0.05) is 28.1 Å². The van der Waals surface area contributed by atoms with E-state index in [1.807, 2.05) is 7.05 Å². The maximum atomic E-state index is 3.51. The second kappa shape index (κ2) is 6.20. The summed E-state index contributed by atoms with van der Waals surface area (Å²) in [6.07, 6.45) is 3.71. The Morgan fingerprint density at radius 1 is 1.29 bits per heavy atom. The summed E-state index contributed by atoms with van der Waals surface area (Å²) in [6, 6.07) is 6.61. The van der Waals surface area contributed by atoms with Gasteiger partial charge in [0.1, 0.15) is 0 Å². The van der Waals surface area contributed by atoms with E-state index in [4.69, 9.17) is 0 Å². The maximum Gasteiger partial charge on any atom is 0.0204 e. The molecule has 1 nitrogen and oxygen atoms in total. The number of halogens is 1. The monoisotopic (exact) mass is 255 g/mol. The average molecular weight is 256 g/mol. The van der Waals surface area contributed by atoms with Crippen LogP contribution in [0.2, 0.25) is 0 Å². The van der Waals surface area contributed by atoms with E-state index in [1.54, 1.807) is 0 Å². The zero-order valence-electron chi connectivity index (χ0n) is 8.94. The molecule has 0 fully saturated rings. The minimum absolute atomic E-state index is 1.12. The van der Waals surface area contributed by atoms with Gasteiger partial charge in [-0.05, 0) is 57.0 Å². The van der Waals surface area contributed by atoms with Gasteiger partial charge in [0.2, 0.25) is 0 Å². The molecule has 78 valence electrons. The predicted molar refractivity (Wildman–Crippen MR) is 65.7 cm³/mol. The summed E-state index contributed by atoms with van der Waals surface area (Å²) in [6.45, 7) is 3.26. The molecule has 0 radical (unpaired) electrons. The fourth-order valence-electron chi connectivity index (χ4n) is 1.49. The lowest BCUT2D eigenvalue weighted by Gasteiger charge is -2.04. The molecule has 0 heterocycles. The molecule has 0 aliphatic rings. The molecule has 0 saturated heterocycles. The van der Waals surface area contributed by atoms with E-state index >= 15 is 0 Å². The Bertz CT molecular complexity index is 284.